The first-order chi connectivity index (χ1) is 13.6. The van der Waals surface area contributed by atoms with Gasteiger partial charge >= 0.3 is 0 Å². The lowest BCUT2D eigenvalue weighted by molar-refractivity contribution is 0.306. The molecule has 1 aromatic carbocycles. The minimum absolute atomic E-state index is 0.00909. The molecule has 3 aromatic rings. The Balaban J connectivity index is 1.83. The molecule has 0 aliphatic heterocycles. The highest BCUT2D eigenvalue weighted by atomic mass is 32.2. The topological polar surface area (TPSA) is 75.4 Å². The van der Waals surface area contributed by atoms with Crippen molar-refractivity contribution in [3.05, 3.63) is 54.0 Å². The number of anilines is 1. The lowest BCUT2D eigenvalue weighted by Crippen LogP contribution is -2.33. The van der Waals surface area contributed by atoms with Crippen LogP contribution in [0.4, 0.5) is 5.69 Å². The first-order valence-corrected chi connectivity index (χ1v) is 11.7. The Labute approximate surface area is 169 Å². The van der Waals surface area contributed by atoms with Gasteiger partial charge in [-0.2, -0.15) is 5.10 Å². The Morgan fingerprint density at radius 2 is 1.89 bits per heavy atom. The van der Waals surface area contributed by atoms with Crippen LogP contribution in [-0.2, 0) is 10.0 Å². The number of aliphatic hydroxyl groups is 1. The quantitative estimate of drug-likeness (QED) is 0.632. The molecule has 0 unspecified atom stereocenters. The molecule has 148 valence electrons. The molecule has 1 saturated carbocycles. The molecule has 0 radical (unpaired) electrons. The summed E-state index contributed by atoms with van der Waals surface area (Å²) in [7, 11) is -3.89. The predicted molar refractivity (Wildman–Crippen MR) is 111 cm³/mol. The van der Waals surface area contributed by atoms with Crippen LogP contribution in [0.2, 0.25) is 0 Å². The third-order valence-corrected chi connectivity index (χ3v) is 7.77. The molecule has 0 spiro atoms. The number of nitrogens with zero attached hydrogens (tertiary/aromatic N) is 3. The first-order valence-electron chi connectivity index (χ1n) is 9.43. The zero-order chi connectivity index (χ0) is 19.6. The number of hydrogen-bond acceptors (Lipinski definition) is 5. The second-order valence-corrected chi connectivity index (χ2v) is 9.65. The second kappa shape index (κ2) is 8.06. The van der Waals surface area contributed by atoms with E-state index in [4.69, 9.17) is 5.10 Å². The number of rotatable bonds is 7. The van der Waals surface area contributed by atoms with Gasteiger partial charge in [0.15, 0.2) is 0 Å². The number of para-hydroxylation sites is 1. The van der Waals surface area contributed by atoms with Gasteiger partial charge in [0.25, 0.3) is 10.0 Å². The van der Waals surface area contributed by atoms with Gasteiger partial charge in [-0.25, -0.2) is 8.42 Å². The van der Waals surface area contributed by atoms with Crippen molar-refractivity contribution in [2.24, 2.45) is 0 Å². The van der Waals surface area contributed by atoms with Crippen molar-refractivity contribution in [3.8, 4) is 10.6 Å². The van der Waals surface area contributed by atoms with Gasteiger partial charge in [-0.1, -0.05) is 37.1 Å². The summed E-state index contributed by atoms with van der Waals surface area (Å²) >= 11 is 1.47. The molecule has 6 nitrogen and oxygen atoms in total. The third kappa shape index (κ3) is 3.59. The fraction of sp³-hybridized carbons (Fsp3) is 0.350. The largest absolute Gasteiger partial charge is 0.394 e. The van der Waals surface area contributed by atoms with Crippen molar-refractivity contribution >= 4 is 27.0 Å². The molecule has 1 aliphatic carbocycles. The van der Waals surface area contributed by atoms with E-state index in [2.05, 4.69) is 0 Å². The summed E-state index contributed by atoms with van der Waals surface area (Å²) in [5.41, 5.74) is 1.02. The number of hydrogen-bond donors (Lipinski definition) is 1. The molecule has 1 fully saturated rings. The van der Waals surface area contributed by atoms with Gasteiger partial charge in [0.2, 0.25) is 0 Å². The van der Waals surface area contributed by atoms with Crippen molar-refractivity contribution in [2.45, 2.75) is 36.6 Å². The summed E-state index contributed by atoms with van der Waals surface area (Å²) in [6.45, 7) is -0.274. The van der Waals surface area contributed by atoms with Crippen LogP contribution in [0.1, 0.15) is 31.7 Å². The molecule has 1 aliphatic rings. The van der Waals surface area contributed by atoms with Gasteiger partial charge in [0.1, 0.15) is 10.6 Å². The van der Waals surface area contributed by atoms with Gasteiger partial charge in [0, 0.05) is 6.20 Å². The summed E-state index contributed by atoms with van der Waals surface area (Å²) in [5.74, 6) is 0. The summed E-state index contributed by atoms with van der Waals surface area (Å²) in [4.78, 5) is 1.02. The van der Waals surface area contributed by atoms with E-state index in [1.54, 1.807) is 30.5 Å². The van der Waals surface area contributed by atoms with Crippen molar-refractivity contribution < 1.29 is 13.5 Å². The van der Waals surface area contributed by atoms with Crippen LogP contribution in [0, 0.1) is 0 Å². The lowest BCUT2D eigenvalue weighted by atomic mass is 10.3. The van der Waals surface area contributed by atoms with Gasteiger partial charge in [-0.05, 0) is 36.4 Å². The molecule has 8 heteroatoms. The van der Waals surface area contributed by atoms with Crippen molar-refractivity contribution in [1.29, 1.82) is 0 Å². The molecule has 0 saturated heterocycles. The third-order valence-electron chi connectivity index (χ3n) is 5.07. The Morgan fingerprint density at radius 1 is 1.14 bits per heavy atom. The van der Waals surface area contributed by atoms with E-state index in [9.17, 15) is 13.5 Å². The lowest BCUT2D eigenvalue weighted by Gasteiger charge is -2.23. The number of aromatic nitrogens is 2. The SMILES string of the molecule is O=S(=O)(c1cn(C2CCCC2)nc1-c1cccs1)N(CCO)c1ccccc1. The Kier molecular flexibility index (Phi) is 5.52. The summed E-state index contributed by atoms with van der Waals surface area (Å²) in [5, 5.41) is 16.1. The van der Waals surface area contributed by atoms with Crippen LogP contribution < -0.4 is 4.31 Å². The smallest absolute Gasteiger partial charge is 0.268 e. The summed E-state index contributed by atoms with van der Waals surface area (Å²) < 4.78 is 30.4. The van der Waals surface area contributed by atoms with Gasteiger partial charge < -0.3 is 5.11 Å². The van der Waals surface area contributed by atoms with Gasteiger partial charge in [-0.3, -0.25) is 8.99 Å². The van der Waals surface area contributed by atoms with Crippen LogP contribution in [0.5, 0.6) is 0 Å². The fourth-order valence-electron chi connectivity index (χ4n) is 3.70. The van der Waals surface area contributed by atoms with E-state index < -0.39 is 10.0 Å². The molecule has 0 amide bonds. The maximum atomic E-state index is 13.6. The highest BCUT2D eigenvalue weighted by molar-refractivity contribution is 7.93. The normalized spacial score (nSPS) is 15.2. The van der Waals surface area contributed by atoms with E-state index in [0.29, 0.717) is 11.4 Å². The Bertz CT molecular complexity index is 1010. The van der Waals surface area contributed by atoms with Crippen molar-refractivity contribution in [3.63, 3.8) is 0 Å². The molecule has 4 rings (SSSR count). The monoisotopic (exact) mass is 417 g/mol. The van der Waals surface area contributed by atoms with Crippen molar-refractivity contribution in [2.75, 3.05) is 17.5 Å². The van der Waals surface area contributed by atoms with Gasteiger partial charge in [0.05, 0.1) is 29.8 Å². The number of thiophene rings is 1. The average Bonchev–Trinajstić information content (AvgIpc) is 3.47. The Morgan fingerprint density at radius 3 is 2.54 bits per heavy atom. The summed E-state index contributed by atoms with van der Waals surface area (Å²) in [6.07, 6.45) is 5.99. The first kappa shape index (κ1) is 19.2. The molecular weight excluding hydrogens is 394 g/mol. The van der Waals surface area contributed by atoms with E-state index in [1.165, 1.54) is 15.6 Å². The minimum Gasteiger partial charge on any atom is -0.394 e. The standard InChI is InChI=1S/C20H23N3O3S2/c24-13-12-23(17-9-2-1-3-10-17)28(25,26)19-15-22(16-7-4-5-8-16)21-20(19)18-11-6-14-27-18/h1-3,6,9-11,14-16,24H,4-5,7-8,12-13H2. The van der Waals surface area contributed by atoms with Gasteiger partial charge in [-0.15, -0.1) is 11.3 Å². The van der Waals surface area contributed by atoms with E-state index >= 15 is 0 Å². The number of benzene rings is 1. The number of sulfonamides is 1. The zero-order valence-corrected chi connectivity index (χ0v) is 17.1. The van der Waals surface area contributed by atoms with Crippen LogP contribution in [-0.4, -0.2) is 36.5 Å². The zero-order valence-electron chi connectivity index (χ0n) is 15.4. The molecule has 28 heavy (non-hydrogen) atoms. The van der Waals surface area contributed by atoms with Crippen LogP contribution >= 0.6 is 11.3 Å². The Hall–Kier alpha value is -2.16. The number of aliphatic hydroxyl groups excluding tert-OH is 1. The maximum Gasteiger partial charge on any atom is 0.268 e. The van der Waals surface area contributed by atoms with Crippen LogP contribution in [0.3, 0.4) is 0 Å². The minimum atomic E-state index is -3.89. The molecule has 1 N–H and O–H groups in total. The van der Waals surface area contributed by atoms with Crippen LogP contribution in [0.25, 0.3) is 10.6 Å². The summed E-state index contributed by atoms with van der Waals surface area (Å²) in [6, 6.07) is 12.9. The highest BCUT2D eigenvalue weighted by Gasteiger charge is 2.32. The molecule has 2 aromatic heterocycles. The highest BCUT2D eigenvalue weighted by Crippen LogP contribution is 2.36. The molecule has 0 atom stereocenters. The van der Waals surface area contributed by atoms with Crippen molar-refractivity contribution in [1.82, 2.24) is 9.78 Å². The molecular formula is C20H23N3O3S2. The predicted octanol–water partition coefficient (Wildman–Crippen LogP) is 3.91. The van der Waals surface area contributed by atoms with E-state index in [-0.39, 0.29) is 24.1 Å². The second-order valence-electron chi connectivity index (χ2n) is 6.87. The molecule has 0 bridgehead atoms. The fourth-order valence-corrected chi connectivity index (χ4v) is 6.08. The average molecular weight is 418 g/mol. The van der Waals surface area contributed by atoms with E-state index in [0.717, 1.165) is 30.6 Å². The maximum absolute atomic E-state index is 13.6. The van der Waals surface area contributed by atoms with E-state index in [1.807, 2.05) is 28.3 Å². The van der Waals surface area contributed by atoms with Crippen LogP contribution in [0.15, 0.2) is 58.9 Å². The molecule has 2 heterocycles.